The zero-order chi connectivity index (χ0) is 15.0. The second kappa shape index (κ2) is 8.47. The van der Waals surface area contributed by atoms with Crippen molar-refractivity contribution in [3.63, 3.8) is 0 Å². The van der Waals surface area contributed by atoms with Gasteiger partial charge in [-0.05, 0) is 43.0 Å². The maximum atomic E-state index is 11.7. The van der Waals surface area contributed by atoms with Crippen molar-refractivity contribution < 1.29 is 19.4 Å². The average Bonchev–Trinajstić information content (AvgIpc) is 2.41. The van der Waals surface area contributed by atoms with Gasteiger partial charge >= 0.3 is 5.97 Å². The number of aryl methyl sites for hydroxylation is 1. The Balaban J connectivity index is 2.43. The molecule has 2 N–H and O–H groups in total. The van der Waals surface area contributed by atoms with Gasteiger partial charge in [0.1, 0.15) is 11.8 Å². The van der Waals surface area contributed by atoms with Gasteiger partial charge in [0.2, 0.25) is 0 Å². The van der Waals surface area contributed by atoms with Crippen LogP contribution in [0, 0.1) is 6.92 Å². The predicted molar refractivity (Wildman–Crippen MR) is 79.2 cm³/mol. The van der Waals surface area contributed by atoms with Crippen LogP contribution in [-0.4, -0.2) is 41.6 Å². The first kappa shape index (κ1) is 16.4. The van der Waals surface area contributed by atoms with E-state index in [0.717, 1.165) is 5.56 Å². The summed E-state index contributed by atoms with van der Waals surface area (Å²) in [7, 11) is 0. The summed E-state index contributed by atoms with van der Waals surface area (Å²) < 4.78 is 5.32. The molecule has 1 aromatic rings. The molecule has 1 amide bonds. The van der Waals surface area contributed by atoms with Crippen molar-refractivity contribution in [2.45, 2.75) is 19.4 Å². The summed E-state index contributed by atoms with van der Waals surface area (Å²) in [5.74, 6) is -0.185. The molecule has 0 aromatic heterocycles. The van der Waals surface area contributed by atoms with Gasteiger partial charge in [-0.25, -0.2) is 4.79 Å². The Hall–Kier alpha value is -1.69. The highest BCUT2D eigenvalue weighted by atomic mass is 32.2. The number of carboxylic acid groups (broad SMARTS) is 1. The summed E-state index contributed by atoms with van der Waals surface area (Å²) in [5, 5.41) is 11.5. The van der Waals surface area contributed by atoms with Crippen LogP contribution in [0.1, 0.15) is 12.0 Å². The molecule has 0 aliphatic carbocycles. The molecule has 0 aliphatic heterocycles. The summed E-state index contributed by atoms with van der Waals surface area (Å²) in [6, 6.07) is 6.46. The van der Waals surface area contributed by atoms with E-state index >= 15 is 0 Å². The molecule has 6 heteroatoms. The van der Waals surface area contributed by atoms with Gasteiger partial charge in [-0.15, -0.1) is 0 Å². The molecule has 0 radical (unpaired) electrons. The zero-order valence-electron chi connectivity index (χ0n) is 11.6. The molecule has 1 unspecified atom stereocenters. The quantitative estimate of drug-likeness (QED) is 0.764. The fraction of sp³-hybridized carbons (Fsp3) is 0.429. The second-order valence-corrected chi connectivity index (χ2v) is 5.33. The number of thioether (sulfide) groups is 1. The number of carboxylic acids is 1. The van der Waals surface area contributed by atoms with Crippen molar-refractivity contribution in [1.82, 2.24) is 5.32 Å². The highest BCUT2D eigenvalue weighted by Crippen LogP contribution is 2.12. The third kappa shape index (κ3) is 5.97. The first-order valence-electron chi connectivity index (χ1n) is 6.23. The summed E-state index contributed by atoms with van der Waals surface area (Å²) in [6.07, 6.45) is 2.29. The SMILES string of the molecule is CSCCC(NC(=O)COc1cccc(C)c1)C(=O)O. The molecule has 0 bridgehead atoms. The number of benzene rings is 1. The van der Waals surface area contributed by atoms with Gasteiger partial charge in [-0.3, -0.25) is 4.79 Å². The molecule has 5 nitrogen and oxygen atoms in total. The molecular formula is C14H19NO4S. The van der Waals surface area contributed by atoms with E-state index in [1.54, 1.807) is 17.8 Å². The summed E-state index contributed by atoms with van der Waals surface area (Å²) in [5.41, 5.74) is 1.03. The van der Waals surface area contributed by atoms with E-state index in [0.29, 0.717) is 17.9 Å². The van der Waals surface area contributed by atoms with E-state index in [2.05, 4.69) is 5.32 Å². The predicted octanol–water partition coefficient (Wildman–Crippen LogP) is 1.70. The first-order valence-corrected chi connectivity index (χ1v) is 7.63. The van der Waals surface area contributed by atoms with E-state index in [4.69, 9.17) is 9.84 Å². The van der Waals surface area contributed by atoms with Crippen molar-refractivity contribution in [1.29, 1.82) is 0 Å². The molecule has 1 aromatic carbocycles. The molecule has 0 heterocycles. The third-order valence-corrected chi connectivity index (χ3v) is 3.25. The number of nitrogens with one attached hydrogen (secondary N) is 1. The van der Waals surface area contributed by atoms with Crippen molar-refractivity contribution in [2.75, 3.05) is 18.6 Å². The van der Waals surface area contributed by atoms with Gasteiger partial charge in [0.15, 0.2) is 6.61 Å². The molecule has 110 valence electrons. The van der Waals surface area contributed by atoms with Crippen molar-refractivity contribution >= 4 is 23.6 Å². The molecule has 0 saturated carbocycles. The summed E-state index contributed by atoms with van der Waals surface area (Å²) in [6.45, 7) is 1.74. The Bertz CT molecular complexity index is 464. The van der Waals surface area contributed by atoms with Gasteiger partial charge < -0.3 is 15.2 Å². The Kier molecular flexibility index (Phi) is 6.93. The van der Waals surface area contributed by atoms with Crippen LogP contribution in [0.25, 0.3) is 0 Å². The monoisotopic (exact) mass is 297 g/mol. The minimum Gasteiger partial charge on any atom is -0.484 e. The Morgan fingerprint density at radius 1 is 1.45 bits per heavy atom. The smallest absolute Gasteiger partial charge is 0.326 e. The van der Waals surface area contributed by atoms with Crippen molar-refractivity contribution in [2.24, 2.45) is 0 Å². The lowest BCUT2D eigenvalue weighted by Crippen LogP contribution is -2.43. The molecule has 0 saturated heterocycles. The van der Waals surface area contributed by atoms with Gasteiger partial charge in [-0.2, -0.15) is 11.8 Å². The number of aliphatic carboxylic acids is 1. The van der Waals surface area contributed by atoms with E-state index in [-0.39, 0.29) is 6.61 Å². The van der Waals surface area contributed by atoms with Crippen LogP contribution in [0.5, 0.6) is 5.75 Å². The van der Waals surface area contributed by atoms with Gasteiger partial charge in [0.05, 0.1) is 0 Å². The largest absolute Gasteiger partial charge is 0.484 e. The van der Waals surface area contributed by atoms with E-state index < -0.39 is 17.9 Å². The normalized spacial score (nSPS) is 11.7. The van der Waals surface area contributed by atoms with Crippen molar-refractivity contribution in [3.8, 4) is 5.75 Å². The molecule has 1 rings (SSSR count). The van der Waals surface area contributed by atoms with E-state index in [1.165, 1.54) is 0 Å². The van der Waals surface area contributed by atoms with Gasteiger partial charge in [0.25, 0.3) is 5.91 Å². The number of rotatable bonds is 8. The average molecular weight is 297 g/mol. The standard InChI is InChI=1S/C14H19NO4S/c1-10-4-3-5-11(8-10)19-9-13(16)15-12(14(17)18)6-7-20-2/h3-5,8,12H,6-7,9H2,1-2H3,(H,15,16)(H,17,18). The maximum Gasteiger partial charge on any atom is 0.326 e. The Labute approximate surface area is 122 Å². The number of hydrogen-bond acceptors (Lipinski definition) is 4. The molecule has 0 fully saturated rings. The van der Waals surface area contributed by atoms with E-state index in [1.807, 2.05) is 31.4 Å². The maximum absolute atomic E-state index is 11.7. The second-order valence-electron chi connectivity index (χ2n) is 4.34. The van der Waals surface area contributed by atoms with E-state index in [9.17, 15) is 9.59 Å². The highest BCUT2D eigenvalue weighted by Gasteiger charge is 2.19. The third-order valence-electron chi connectivity index (χ3n) is 2.60. The molecular weight excluding hydrogens is 278 g/mol. The molecule has 0 aliphatic rings. The lowest BCUT2D eigenvalue weighted by molar-refractivity contribution is -0.142. The molecule has 1 atom stereocenters. The summed E-state index contributed by atoms with van der Waals surface area (Å²) >= 11 is 1.54. The fourth-order valence-electron chi connectivity index (χ4n) is 1.58. The van der Waals surface area contributed by atoms with Gasteiger partial charge in [0, 0.05) is 0 Å². The van der Waals surface area contributed by atoms with Crippen LogP contribution in [0.4, 0.5) is 0 Å². The zero-order valence-corrected chi connectivity index (χ0v) is 12.4. The summed E-state index contributed by atoms with van der Waals surface area (Å²) in [4.78, 5) is 22.7. The fourth-order valence-corrected chi connectivity index (χ4v) is 2.05. The number of ether oxygens (including phenoxy) is 1. The lowest BCUT2D eigenvalue weighted by Gasteiger charge is -2.14. The minimum atomic E-state index is -1.03. The van der Waals surface area contributed by atoms with Crippen LogP contribution in [0.3, 0.4) is 0 Å². The number of carbonyl (C=O) groups excluding carboxylic acids is 1. The number of hydrogen-bond donors (Lipinski definition) is 2. The molecule has 0 spiro atoms. The Morgan fingerprint density at radius 2 is 2.20 bits per heavy atom. The van der Waals surface area contributed by atoms with Crippen LogP contribution in [-0.2, 0) is 9.59 Å². The topological polar surface area (TPSA) is 75.6 Å². The number of carbonyl (C=O) groups is 2. The molecule has 20 heavy (non-hydrogen) atoms. The van der Waals surface area contributed by atoms with Crippen molar-refractivity contribution in [3.05, 3.63) is 29.8 Å². The number of amides is 1. The highest BCUT2D eigenvalue weighted by molar-refractivity contribution is 7.98. The van der Waals surface area contributed by atoms with Crippen LogP contribution >= 0.6 is 11.8 Å². The lowest BCUT2D eigenvalue weighted by atomic mass is 10.2. The first-order chi connectivity index (χ1) is 9.52. The van der Waals surface area contributed by atoms with Crippen LogP contribution in [0.15, 0.2) is 24.3 Å². The van der Waals surface area contributed by atoms with Crippen LogP contribution in [0.2, 0.25) is 0 Å². The van der Waals surface area contributed by atoms with Gasteiger partial charge in [-0.1, -0.05) is 12.1 Å². The minimum absolute atomic E-state index is 0.188. The Morgan fingerprint density at radius 3 is 2.80 bits per heavy atom. The van der Waals surface area contributed by atoms with Crippen LogP contribution < -0.4 is 10.1 Å².